The molecule has 2 rings (SSSR count). The van der Waals surface area contributed by atoms with Gasteiger partial charge in [0.2, 0.25) is 0 Å². The molecule has 2 nitrogen and oxygen atoms in total. The maximum absolute atomic E-state index is 4.59. The summed E-state index contributed by atoms with van der Waals surface area (Å²) >= 11 is 0. The van der Waals surface area contributed by atoms with Crippen LogP contribution in [0.3, 0.4) is 0 Å². The van der Waals surface area contributed by atoms with Crippen molar-refractivity contribution in [2.75, 3.05) is 11.9 Å². The van der Waals surface area contributed by atoms with E-state index in [1.165, 1.54) is 17.0 Å². The summed E-state index contributed by atoms with van der Waals surface area (Å²) < 4.78 is 0. The molecule has 0 bridgehead atoms. The van der Waals surface area contributed by atoms with Gasteiger partial charge in [-0.2, -0.15) is 0 Å². The minimum atomic E-state index is 0.0841. The maximum atomic E-state index is 4.59. The minimum absolute atomic E-state index is 0.0841. The van der Waals surface area contributed by atoms with E-state index in [0.29, 0.717) is 0 Å². The Hall–Kier alpha value is -1.31. The zero-order valence-electron chi connectivity index (χ0n) is 9.89. The molecule has 0 radical (unpaired) electrons. The zero-order chi connectivity index (χ0) is 11.1. The van der Waals surface area contributed by atoms with Gasteiger partial charge >= 0.3 is 0 Å². The lowest BCUT2D eigenvalue weighted by molar-refractivity contribution is 0.733. The molecule has 0 aliphatic carbocycles. The first kappa shape index (κ1) is 10.2. The second-order valence-corrected chi connectivity index (χ2v) is 4.58. The molecular weight excluding hydrogens is 184 g/mol. The lowest BCUT2D eigenvalue weighted by Gasteiger charge is -2.20. The number of benzene rings is 1. The van der Waals surface area contributed by atoms with Crippen LogP contribution >= 0.6 is 0 Å². The van der Waals surface area contributed by atoms with Gasteiger partial charge in [0.25, 0.3) is 0 Å². The van der Waals surface area contributed by atoms with Crippen LogP contribution in [0, 0.1) is 0 Å². The molecule has 1 aliphatic heterocycles. The SMILES string of the molecule is CCNc1ccc2c(c1)C(C)(C)C(C)=N2. The average Bonchev–Trinajstić information content (AvgIpc) is 2.40. The fourth-order valence-electron chi connectivity index (χ4n) is 1.96. The highest BCUT2D eigenvalue weighted by molar-refractivity contribution is 5.99. The Labute approximate surface area is 91.4 Å². The second kappa shape index (κ2) is 3.37. The third kappa shape index (κ3) is 1.54. The number of nitrogens with one attached hydrogen (secondary N) is 1. The Morgan fingerprint density at radius 3 is 2.73 bits per heavy atom. The minimum Gasteiger partial charge on any atom is -0.385 e. The number of anilines is 1. The van der Waals surface area contributed by atoms with Crippen molar-refractivity contribution in [3.05, 3.63) is 23.8 Å². The van der Waals surface area contributed by atoms with Crippen molar-refractivity contribution < 1.29 is 0 Å². The molecule has 1 aromatic carbocycles. The second-order valence-electron chi connectivity index (χ2n) is 4.58. The number of rotatable bonds is 2. The van der Waals surface area contributed by atoms with Crippen LogP contribution in [0.1, 0.15) is 33.3 Å². The molecule has 80 valence electrons. The van der Waals surface area contributed by atoms with E-state index in [0.717, 1.165) is 12.2 Å². The molecule has 0 spiro atoms. The smallest absolute Gasteiger partial charge is 0.0672 e. The van der Waals surface area contributed by atoms with Crippen molar-refractivity contribution in [3.8, 4) is 0 Å². The third-order valence-electron chi connectivity index (χ3n) is 3.24. The van der Waals surface area contributed by atoms with Gasteiger partial charge in [0.05, 0.1) is 5.69 Å². The van der Waals surface area contributed by atoms with Gasteiger partial charge in [-0.15, -0.1) is 0 Å². The molecule has 0 fully saturated rings. The van der Waals surface area contributed by atoms with Gasteiger partial charge in [-0.1, -0.05) is 13.8 Å². The van der Waals surface area contributed by atoms with Gasteiger partial charge in [0, 0.05) is 23.4 Å². The molecule has 1 N–H and O–H groups in total. The molecule has 2 heteroatoms. The van der Waals surface area contributed by atoms with E-state index in [2.05, 4.69) is 56.2 Å². The molecule has 0 amide bonds. The number of hydrogen-bond acceptors (Lipinski definition) is 2. The molecule has 1 aromatic rings. The Morgan fingerprint density at radius 1 is 1.33 bits per heavy atom. The first-order valence-electron chi connectivity index (χ1n) is 5.50. The number of hydrogen-bond donors (Lipinski definition) is 1. The average molecular weight is 202 g/mol. The first-order valence-corrected chi connectivity index (χ1v) is 5.50. The predicted molar refractivity (Wildman–Crippen MR) is 66.4 cm³/mol. The highest BCUT2D eigenvalue weighted by Crippen LogP contribution is 2.40. The van der Waals surface area contributed by atoms with Gasteiger partial charge in [-0.3, -0.25) is 4.99 Å². The summed E-state index contributed by atoms with van der Waals surface area (Å²) in [6.45, 7) is 9.63. The van der Waals surface area contributed by atoms with Crippen LogP contribution < -0.4 is 5.32 Å². The van der Waals surface area contributed by atoms with Gasteiger partial charge < -0.3 is 5.32 Å². The van der Waals surface area contributed by atoms with Crippen LogP contribution in [0.15, 0.2) is 23.2 Å². The van der Waals surface area contributed by atoms with Gasteiger partial charge in [-0.25, -0.2) is 0 Å². The summed E-state index contributed by atoms with van der Waals surface area (Å²) in [5.74, 6) is 0. The summed E-state index contributed by atoms with van der Waals surface area (Å²) in [4.78, 5) is 4.59. The van der Waals surface area contributed by atoms with Crippen LogP contribution in [0.25, 0.3) is 0 Å². The summed E-state index contributed by atoms with van der Waals surface area (Å²) in [6, 6.07) is 6.42. The topological polar surface area (TPSA) is 24.4 Å². The van der Waals surface area contributed by atoms with Crippen molar-refractivity contribution in [2.45, 2.75) is 33.1 Å². The standard InChI is InChI=1S/C13H18N2/c1-5-14-10-6-7-12-11(8-10)13(3,4)9(2)15-12/h6-8,14H,5H2,1-4H3. The molecule has 0 saturated heterocycles. The van der Waals surface area contributed by atoms with E-state index in [1.807, 2.05) is 0 Å². The van der Waals surface area contributed by atoms with Crippen molar-refractivity contribution in [1.29, 1.82) is 0 Å². The Bertz CT molecular complexity index is 417. The monoisotopic (exact) mass is 202 g/mol. The molecule has 0 saturated carbocycles. The molecule has 1 aliphatic rings. The highest BCUT2D eigenvalue weighted by atomic mass is 14.9. The van der Waals surface area contributed by atoms with Crippen LogP contribution in [0.4, 0.5) is 11.4 Å². The first-order chi connectivity index (χ1) is 7.05. The fraction of sp³-hybridized carbons (Fsp3) is 0.462. The molecule has 15 heavy (non-hydrogen) atoms. The van der Waals surface area contributed by atoms with Gasteiger partial charge in [0.1, 0.15) is 0 Å². The van der Waals surface area contributed by atoms with E-state index in [9.17, 15) is 0 Å². The molecule has 0 aromatic heterocycles. The predicted octanol–water partition coefficient (Wildman–Crippen LogP) is 3.50. The molecule has 0 atom stereocenters. The Kier molecular flexibility index (Phi) is 2.29. The Balaban J connectivity index is 2.46. The molecule has 1 heterocycles. The van der Waals surface area contributed by atoms with Crippen LogP contribution in [0.5, 0.6) is 0 Å². The lowest BCUT2D eigenvalue weighted by Crippen LogP contribution is -2.22. The van der Waals surface area contributed by atoms with Crippen LogP contribution in [-0.2, 0) is 5.41 Å². The number of aliphatic imine (C=N–C) groups is 1. The number of fused-ring (bicyclic) bond motifs is 1. The lowest BCUT2D eigenvalue weighted by atomic mass is 9.82. The largest absolute Gasteiger partial charge is 0.385 e. The fourth-order valence-corrected chi connectivity index (χ4v) is 1.96. The third-order valence-corrected chi connectivity index (χ3v) is 3.24. The van der Waals surface area contributed by atoms with Crippen LogP contribution in [0.2, 0.25) is 0 Å². The summed E-state index contributed by atoms with van der Waals surface area (Å²) in [6.07, 6.45) is 0. The summed E-state index contributed by atoms with van der Waals surface area (Å²) in [5, 5.41) is 3.34. The molecular formula is C13H18N2. The van der Waals surface area contributed by atoms with E-state index in [-0.39, 0.29) is 5.41 Å². The van der Waals surface area contributed by atoms with E-state index >= 15 is 0 Å². The van der Waals surface area contributed by atoms with E-state index < -0.39 is 0 Å². The van der Waals surface area contributed by atoms with E-state index in [4.69, 9.17) is 0 Å². The number of nitrogens with zero attached hydrogens (tertiary/aromatic N) is 1. The van der Waals surface area contributed by atoms with Crippen molar-refractivity contribution in [3.63, 3.8) is 0 Å². The van der Waals surface area contributed by atoms with Crippen molar-refractivity contribution in [1.82, 2.24) is 0 Å². The maximum Gasteiger partial charge on any atom is 0.0672 e. The van der Waals surface area contributed by atoms with Gasteiger partial charge in [-0.05, 0) is 37.6 Å². The Morgan fingerprint density at radius 2 is 2.07 bits per heavy atom. The zero-order valence-corrected chi connectivity index (χ0v) is 9.89. The normalized spacial score (nSPS) is 17.2. The van der Waals surface area contributed by atoms with E-state index in [1.54, 1.807) is 0 Å². The van der Waals surface area contributed by atoms with Crippen molar-refractivity contribution in [2.24, 2.45) is 4.99 Å². The highest BCUT2D eigenvalue weighted by Gasteiger charge is 2.32. The quantitative estimate of drug-likeness (QED) is 0.779. The van der Waals surface area contributed by atoms with Crippen LogP contribution in [-0.4, -0.2) is 12.3 Å². The molecule has 0 unspecified atom stereocenters. The van der Waals surface area contributed by atoms with Gasteiger partial charge in [0.15, 0.2) is 0 Å². The summed E-state index contributed by atoms with van der Waals surface area (Å²) in [7, 11) is 0. The summed E-state index contributed by atoms with van der Waals surface area (Å²) in [5.41, 5.74) is 4.93. The van der Waals surface area contributed by atoms with Crippen molar-refractivity contribution >= 4 is 17.1 Å².